The number of rotatable bonds is 5. The molecule has 20 heavy (non-hydrogen) atoms. The van der Waals surface area contributed by atoms with Crippen LogP contribution in [0.1, 0.15) is 0 Å². The minimum Gasteiger partial charge on any atom is -0.383 e. The second-order valence-electron chi connectivity index (χ2n) is 4.11. The first kappa shape index (κ1) is 21.6. The van der Waals surface area contributed by atoms with Crippen LogP contribution < -0.4 is 16.0 Å². The predicted molar refractivity (Wildman–Crippen MR) is 88.8 cm³/mol. The Morgan fingerprint density at radius 3 is 2.55 bits per heavy atom. The SMILES string of the molecule is COCC(N)C(=O)Nc1cc(Cl)ccc1N(C)C.Cl.Cl. The molecule has 0 aliphatic carbocycles. The maximum absolute atomic E-state index is 11.8. The van der Waals surface area contributed by atoms with Crippen LogP contribution >= 0.6 is 36.4 Å². The summed E-state index contributed by atoms with van der Waals surface area (Å²) < 4.78 is 4.84. The Balaban J connectivity index is 0. The van der Waals surface area contributed by atoms with Gasteiger partial charge in [0.1, 0.15) is 6.04 Å². The largest absolute Gasteiger partial charge is 0.383 e. The van der Waals surface area contributed by atoms with Gasteiger partial charge in [-0.3, -0.25) is 4.79 Å². The maximum atomic E-state index is 11.8. The number of carbonyl (C=O) groups excluding carboxylic acids is 1. The highest BCUT2D eigenvalue weighted by molar-refractivity contribution is 6.31. The van der Waals surface area contributed by atoms with Crippen molar-refractivity contribution in [2.45, 2.75) is 6.04 Å². The van der Waals surface area contributed by atoms with Crippen molar-refractivity contribution < 1.29 is 9.53 Å². The van der Waals surface area contributed by atoms with Gasteiger partial charge in [-0.05, 0) is 18.2 Å². The number of hydrogen-bond donors (Lipinski definition) is 2. The van der Waals surface area contributed by atoms with Crippen molar-refractivity contribution >= 4 is 53.7 Å². The molecular formula is C12H20Cl3N3O2. The second-order valence-corrected chi connectivity index (χ2v) is 4.54. The normalized spacial score (nSPS) is 10.8. The van der Waals surface area contributed by atoms with E-state index in [9.17, 15) is 4.79 Å². The second kappa shape index (κ2) is 10.1. The van der Waals surface area contributed by atoms with Crippen molar-refractivity contribution in [3.8, 4) is 0 Å². The van der Waals surface area contributed by atoms with Crippen molar-refractivity contribution in [1.82, 2.24) is 0 Å². The average molecular weight is 345 g/mol. The molecule has 0 aliphatic rings. The molecule has 1 amide bonds. The molecule has 1 aromatic carbocycles. The zero-order chi connectivity index (χ0) is 13.7. The Labute approximate surface area is 136 Å². The van der Waals surface area contributed by atoms with E-state index in [0.717, 1.165) is 5.69 Å². The van der Waals surface area contributed by atoms with Gasteiger partial charge in [0.25, 0.3) is 0 Å². The zero-order valence-electron chi connectivity index (χ0n) is 11.6. The summed E-state index contributed by atoms with van der Waals surface area (Å²) in [6.45, 7) is 0.170. The minimum absolute atomic E-state index is 0. The van der Waals surface area contributed by atoms with Gasteiger partial charge in [0.2, 0.25) is 5.91 Å². The summed E-state index contributed by atoms with van der Waals surface area (Å²) in [5.74, 6) is -0.304. The number of halogens is 3. The summed E-state index contributed by atoms with van der Waals surface area (Å²) in [5.41, 5.74) is 7.14. The monoisotopic (exact) mass is 343 g/mol. The highest BCUT2D eigenvalue weighted by Crippen LogP contribution is 2.27. The summed E-state index contributed by atoms with van der Waals surface area (Å²) in [6.07, 6.45) is 0. The molecule has 0 saturated carbocycles. The Kier molecular flexibility index (Phi) is 10.9. The van der Waals surface area contributed by atoms with E-state index in [1.54, 1.807) is 12.1 Å². The van der Waals surface area contributed by atoms with E-state index in [2.05, 4.69) is 5.32 Å². The highest BCUT2D eigenvalue weighted by Gasteiger charge is 2.15. The number of carbonyl (C=O) groups is 1. The van der Waals surface area contributed by atoms with E-state index in [4.69, 9.17) is 22.1 Å². The third-order valence-corrected chi connectivity index (χ3v) is 2.62. The molecule has 0 aliphatic heterocycles. The molecule has 3 N–H and O–H groups in total. The lowest BCUT2D eigenvalue weighted by atomic mass is 10.2. The van der Waals surface area contributed by atoms with Gasteiger partial charge in [-0.15, -0.1) is 24.8 Å². The molecule has 0 heterocycles. The summed E-state index contributed by atoms with van der Waals surface area (Å²) >= 11 is 5.92. The average Bonchev–Trinajstić information content (AvgIpc) is 2.28. The van der Waals surface area contributed by atoms with Crippen LogP contribution in [0.4, 0.5) is 11.4 Å². The Morgan fingerprint density at radius 2 is 2.05 bits per heavy atom. The van der Waals surface area contributed by atoms with Crippen LogP contribution in [0.2, 0.25) is 5.02 Å². The number of methoxy groups -OCH3 is 1. The molecule has 1 rings (SSSR count). The number of amides is 1. The molecule has 5 nitrogen and oxygen atoms in total. The summed E-state index contributed by atoms with van der Waals surface area (Å²) in [7, 11) is 5.26. The standard InChI is InChI=1S/C12H18ClN3O2.2ClH/c1-16(2)11-5-4-8(13)6-10(11)15-12(17)9(14)7-18-3;;/h4-6,9H,7,14H2,1-3H3,(H,15,17);2*1H. The Morgan fingerprint density at radius 1 is 1.45 bits per heavy atom. The first-order valence-electron chi connectivity index (χ1n) is 5.48. The van der Waals surface area contributed by atoms with E-state index in [1.165, 1.54) is 7.11 Å². The Hall–Kier alpha value is -0.720. The summed E-state index contributed by atoms with van der Waals surface area (Å²) in [6, 6.07) is 4.58. The van der Waals surface area contributed by atoms with Gasteiger partial charge < -0.3 is 20.7 Å². The van der Waals surface area contributed by atoms with Gasteiger partial charge in [-0.2, -0.15) is 0 Å². The summed E-state index contributed by atoms with van der Waals surface area (Å²) in [4.78, 5) is 13.7. The molecular weight excluding hydrogens is 325 g/mol. The summed E-state index contributed by atoms with van der Waals surface area (Å²) in [5, 5.41) is 3.30. The van der Waals surface area contributed by atoms with Crippen LogP contribution in [-0.4, -0.2) is 39.8 Å². The predicted octanol–water partition coefficient (Wildman–Crippen LogP) is 2.16. The van der Waals surface area contributed by atoms with E-state index in [-0.39, 0.29) is 37.3 Å². The van der Waals surface area contributed by atoms with E-state index in [1.807, 2.05) is 25.1 Å². The maximum Gasteiger partial charge on any atom is 0.243 e. The van der Waals surface area contributed by atoms with Crippen molar-refractivity contribution in [3.63, 3.8) is 0 Å². The van der Waals surface area contributed by atoms with Crippen molar-refractivity contribution in [1.29, 1.82) is 0 Å². The third-order valence-electron chi connectivity index (χ3n) is 2.38. The molecule has 1 unspecified atom stereocenters. The smallest absolute Gasteiger partial charge is 0.243 e. The molecule has 0 radical (unpaired) electrons. The minimum atomic E-state index is -0.705. The topological polar surface area (TPSA) is 67.6 Å². The van der Waals surface area contributed by atoms with Crippen LogP contribution in [0.5, 0.6) is 0 Å². The van der Waals surface area contributed by atoms with Crippen LogP contribution in [-0.2, 0) is 9.53 Å². The van der Waals surface area contributed by atoms with Crippen molar-refractivity contribution in [2.75, 3.05) is 38.0 Å². The van der Waals surface area contributed by atoms with E-state index in [0.29, 0.717) is 10.7 Å². The lowest BCUT2D eigenvalue weighted by Crippen LogP contribution is -2.39. The highest BCUT2D eigenvalue weighted by atomic mass is 35.5. The fraction of sp³-hybridized carbons (Fsp3) is 0.417. The number of anilines is 2. The molecule has 116 valence electrons. The molecule has 1 aromatic rings. The van der Waals surface area contributed by atoms with Crippen LogP contribution in [0.3, 0.4) is 0 Å². The number of hydrogen-bond acceptors (Lipinski definition) is 4. The molecule has 0 bridgehead atoms. The van der Waals surface area contributed by atoms with Crippen molar-refractivity contribution in [3.05, 3.63) is 23.2 Å². The van der Waals surface area contributed by atoms with Crippen LogP contribution in [0, 0.1) is 0 Å². The number of nitrogens with two attached hydrogens (primary N) is 1. The first-order chi connectivity index (χ1) is 8.45. The van der Waals surface area contributed by atoms with E-state index < -0.39 is 6.04 Å². The first-order valence-corrected chi connectivity index (χ1v) is 5.85. The fourth-order valence-electron chi connectivity index (χ4n) is 1.48. The molecule has 0 fully saturated rings. The quantitative estimate of drug-likeness (QED) is 0.859. The number of nitrogens with one attached hydrogen (secondary N) is 1. The molecule has 1 atom stereocenters. The van der Waals surface area contributed by atoms with Gasteiger partial charge in [-0.25, -0.2) is 0 Å². The van der Waals surface area contributed by atoms with Gasteiger partial charge in [-0.1, -0.05) is 11.6 Å². The molecule has 0 spiro atoms. The van der Waals surface area contributed by atoms with Gasteiger partial charge in [0.05, 0.1) is 18.0 Å². The van der Waals surface area contributed by atoms with Crippen molar-refractivity contribution in [2.24, 2.45) is 5.73 Å². The van der Waals surface area contributed by atoms with Crippen LogP contribution in [0.15, 0.2) is 18.2 Å². The van der Waals surface area contributed by atoms with Gasteiger partial charge >= 0.3 is 0 Å². The molecule has 0 aromatic heterocycles. The Bertz CT molecular complexity index is 430. The third kappa shape index (κ3) is 6.15. The zero-order valence-corrected chi connectivity index (χ0v) is 13.9. The lowest BCUT2D eigenvalue weighted by Gasteiger charge is -2.19. The molecule has 8 heteroatoms. The van der Waals surface area contributed by atoms with E-state index >= 15 is 0 Å². The number of benzene rings is 1. The fourth-order valence-corrected chi connectivity index (χ4v) is 1.65. The number of ether oxygens (including phenoxy) is 1. The molecule has 0 saturated heterocycles. The van der Waals surface area contributed by atoms with Gasteiger partial charge in [0.15, 0.2) is 0 Å². The van der Waals surface area contributed by atoms with Crippen LogP contribution in [0.25, 0.3) is 0 Å². The lowest BCUT2D eigenvalue weighted by molar-refractivity contribution is -0.118. The number of nitrogens with zero attached hydrogens (tertiary/aromatic N) is 1. The van der Waals surface area contributed by atoms with Gasteiger partial charge in [0, 0.05) is 26.2 Å².